The van der Waals surface area contributed by atoms with Crippen molar-refractivity contribution in [3.8, 4) is 0 Å². The molecule has 0 aromatic carbocycles. The second-order valence-electron chi connectivity index (χ2n) is 7.82. The summed E-state index contributed by atoms with van der Waals surface area (Å²) in [6, 6.07) is 0.248. The lowest BCUT2D eigenvalue weighted by atomic mass is 9.86. The maximum absolute atomic E-state index is 13.1. The molecule has 0 unspecified atom stereocenters. The Morgan fingerprint density at radius 1 is 1.38 bits per heavy atom. The smallest absolute Gasteiger partial charge is 0.246 e. The number of nitrogens with one attached hydrogen (secondary N) is 2. The van der Waals surface area contributed by atoms with Crippen LogP contribution in [0.1, 0.15) is 51.8 Å². The van der Waals surface area contributed by atoms with Crippen molar-refractivity contribution in [3.63, 3.8) is 0 Å². The van der Waals surface area contributed by atoms with Crippen molar-refractivity contribution in [3.05, 3.63) is 11.9 Å². The maximum atomic E-state index is 13.1. The monoisotopic (exact) mass is 383 g/mol. The van der Waals surface area contributed by atoms with Crippen LogP contribution in [0.4, 0.5) is 0 Å². The molecule has 3 rings (SSSR count). The SMILES string of the molecule is CC(=O)N[C@@H]1CNC2(CCN(S(=O)(=O)c3cn(C(C)C)nc3C)CC2)C1. The van der Waals surface area contributed by atoms with Crippen LogP contribution in [0.25, 0.3) is 0 Å². The average molecular weight is 384 g/mol. The summed E-state index contributed by atoms with van der Waals surface area (Å²) in [5.41, 5.74) is 0.472. The molecule has 2 fully saturated rings. The van der Waals surface area contributed by atoms with Crippen LogP contribution in [0.2, 0.25) is 0 Å². The van der Waals surface area contributed by atoms with Crippen LogP contribution in [0.5, 0.6) is 0 Å². The number of amides is 1. The Hall–Kier alpha value is -1.45. The molecule has 1 amide bonds. The quantitative estimate of drug-likeness (QED) is 0.801. The summed E-state index contributed by atoms with van der Waals surface area (Å²) in [7, 11) is -3.53. The Labute approximate surface area is 155 Å². The molecule has 0 aliphatic carbocycles. The van der Waals surface area contributed by atoms with Crippen LogP contribution in [-0.4, -0.2) is 59.6 Å². The summed E-state index contributed by atoms with van der Waals surface area (Å²) in [5, 5.41) is 10.8. The largest absolute Gasteiger partial charge is 0.352 e. The Bertz CT molecular complexity index is 778. The Morgan fingerprint density at radius 2 is 2.04 bits per heavy atom. The molecule has 8 nitrogen and oxygen atoms in total. The highest BCUT2D eigenvalue weighted by Crippen LogP contribution is 2.33. The van der Waals surface area contributed by atoms with Gasteiger partial charge in [-0.05, 0) is 40.0 Å². The highest BCUT2D eigenvalue weighted by atomic mass is 32.2. The number of nitrogens with zero attached hydrogens (tertiary/aromatic N) is 3. The molecule has 0 bridgehead atoms. The van der Waals surface area contributed by atoms with Crippen LogP contribution in [0, 0.1) is 6.92 Å². The van der Waals surface area contributed by atoms with E-state index in [4.69, 9.17) is 0 Å². The second kappa shape index (κ2) is 6.94. The molecular formula is C17H29N5O3S. The number of carbonyl (C=O) groups excluding carboxylic acids is 1. The van der Waals surface area contributed by atoms with Crippen molar-refractivity contribution in [2.75, 3.05) is 19.6 Å². The fourth-order valence-corrected chi connectivity index (χ4v) is 5.60. The van der Waals surface area contributed by atoms with Gasteiger partial charge in [-0.15, -0.1) is 0 Å². The van der Waals surface area contributed by atoms with Gasteiger partial charge in [0.2, 0.25) is 15.9 Å². The number of hydrogen-bond acceptors (Lipinski definition) is 5. The second-order valence-corrected chi connectivity index (χ2v) is 9.73. The van der Waals surface area contributed by atoms with Crippen LogP contribution < -0.4 is 10.6 Å². The molecular weight excluding hydrogens is 354 g/mol. The van der Waals surface area contributed by atoms with E-state index in [2.05, 4.69) is 15.7 Å². The lowest BCUT2D eigenvalue weighted by Gasteiger charge is -2.38. The van der Waals surface area contributed by atoms with Crippen molar-refractivity contribution < 1.29 is 13.2 Å². The molecule has 3 heterocycles. The number of aromatic nitrogens is 2. The first-order valence-corrected chi connectivity index (χ1v) is 10.6. The Morgan fingerprint density at radius 3 is 2.58 bits per heavy atom. The van der Waals surface area contributed by atoms with Gasteiger partial charge in [0.15, 0.2) is 0 Å². The summed E-state index contributed by atoms with van der Waals surface area (Å²) in [6.07, 6.45) is 3.99. The number of piperidine rings is 1. The van der Waals surface area contributed by atoms with E-state index in [1.807, 2.05) is 13.8 Å². The van der Waals surface area contributed by atoms with Gasteiger partial charge in [0.1, 0.15) is 4.90 Å². The summed E-state index contributed by atoms with van der Waals surface area (Å²) < 4.78 is 29.4. The lowest BCUT2D eigenvalue weighted by molar-refractivity contribution is -0.119. The number of aryl methyl sites for hydroxylation is 1. The molecule has 2 saturated heterocycles. The van der Waals surface area contributed by atoms with E-state index in [0.717, 1.165) is 25.8 Å². The Balaban J connectivity index is 1.69. The van der Waals surface area contributed by atoms with Crippen molar-refractivity contribution >= 4 is 15.9 Å². The molecule has 1 atom stereocenters. The molecule has 9 heteroatoms. The molecule has 1 spiro atoms. The van der Waals surface area contributed by atoms with Gasteiger partial charge in [-0.3, -0.25) is 9.48 Å². The minimum absolute atomic E-state index is 0.0218. The van der Waals surface area contributed by atoms with Crippen LogP contribution >= 0.6 is 0 Å². The minimum Gasteiger partial charge on any atom is -0.352 e. The van der Waals surface area contributed by atoms with Crippen molar-refractivity contribution in [2.45, 2.75) is 69.5 Å². The molecule has 1 aromatic rings. The van der Waals surface area contributed by atoms with Crippen molar-refractivity contribution in [1.82, 2.24) is 24.7 Å². The molecule has 2 aliphatic rings. The van der Waals surface area contributed by atoms with Crippen molar-refractivity contribution in [1.29, 1.82) is 0 Å². The minimum atomic E-state index is -3.53. The fraction of sp³-hybridized carbons (Fsp3) is 0.765. The van der Waals surface area contributed by atoms with E-state index in [0.29, 0.717) is 23.7 Å². The van der Waals surface area contributed by atoms with E-state index in [-0.39, 0.29) is 23.5 Å². The topological polar surface area (TPSA) is 96.3 Å². The normalized spacial score (nSPS) is 23.7. The number of rotatable bonds is 4. The van der Waals surface area contributed by atoms with Crippen LogP contribution in [0.15, 0.2) is 11.1 Å². The van der Waals surface area contributed by atoms with Crippen LogP contribution in [0.3, 0.4) is 0 Å². The van der Waals surface area contributed by atoms with Crippen LogP contribution in [-0.2, 0) is 14.8 Å². The van der Waals surface area contributed by atoms with Gasteiger partial charge < -0.3 is 10.6 Å². The summed E-state index contributed by atoms with van der Waals surface area (Å²) >= 11 is 0. The molecule has 0 radical (unpaired) electrons. The summed E-state index contributed by atoms with van der Waals surface area (Å²) in [4.78, 5) is 11.6. The summed E-state index contributed by atoms with van der Waals surface area (Å²) in [5.74, 6) is -0.0218. The van der Waals surface area contributed by atoms with E-state index in [9.17, 15) is 13.2 Å². The van der Waals surface area contributed by atoms with Gasteiger partial charge in [-0.25, -0.2) is 8.42 Å². The average Bonchev–Trinajstić information content (AvgIpc) is 3.12. The molecule has 2 aliphatic heterocycles. The number of sulfonamides is 1. The zero-order valence-electron chi connectivity index (χ0n) is 15.9. The van der Waals surface area contributed by atoms with Gasteiger partial charge in [0.25, 0.3) is 0 Å². The van der Waals surface area contributed by atoms with Gasteiger partial charge in [0, 0.05) is 50.4 Å². The molecule has 146 valence electrons. The van der Waals surface area contributed by atoms with E-state index in [1.165, 1.54) is 6.92 Å². The first-order chi connectivity index (χ1) is 12.1. The van der Waals surface area contributed by atoms with Gasteiger partial charge in [-0.1, -0.05) is 0 Å². The first kappa shape index (κ1) is 19.3. The standard InChI is InChI=1S/C17H29N5O3S/c1-12(2)22-11-16(13(3)20-22)26(24,25)21-7-5-17(6-8-21)9-15(10-18-17)19-14(4)23/h11-12,15,18H,5-10H2,1-4H3,(H,19,23)/t15-/m0/s1. The number of carbonyl (C=O) groups is 1. The molecule has 0 saturated carbocycles. The Kier molecular flexibility index (Phi) is 5.15. The highest BCUT2D eigenvalue weighted by molar-refractivity contribution is 7.89. The van der Waals surface area contributed by atoms with Crippen molar-refractivity contribution in [2.24, 2.45) is 0 Å². The van der Waals surface area contributed by atoms with E-state index < -0.39 is 10.0 Å². The van der Waals surface area contributed by atoms with Gasteiger partial charge >= 0.3 is 0 Å². The lowest BCUT2D eigenvalue weighted by Crippen LogP contribution is -2.51. The molecule has 2 N–H and O–H groups in total. The third kappa shape index (κ3) is 3.65. The highest BCUT2D eigenvalue weighted by Gasteiger charge is 2.44. The zero-order valence-corrected chi connectivity index (χ0v) is 16.8. The third-order valence-corrected chi connectivity index (χ3v) is 7.47. The fourth-order valence-electron chi connectivity index (χ4n) is 4.00. The first-order valence-electron chi connectivity index (χ1n) is 9.21. The van der Waals surface area contributed by atoms with E-state index >= 15 is 0 Å². The zero-order chi connectivity index (χ0) is 19.1. The number of hydrogen-bond donors (Lipinski definition) is 2. The molecule has 1 aromatic heterocycles. The summed E-state index contributed by atoms with van der Waals surface area (Å²) in [6.45, 7) is 8.93. The maximum Gasteiger partial charge on any atom is 0.246 e. The van der Waals surface area contributed by atoms with Gasteiger partial charge in [-0.2, -0.15) is 9.40 Å². The third-order valence-electron chi connectivity index (χ3n) is 5.47. The van der Waals surface area contributed by atoms with Gasteiger partial charge in [0.05, 0.1) is 5.69 Å². The molecule has 26 heavy (non-hydrogen) atoms. The predicted molar refractivity (Wildman–Crippen MR) is 98.3 cm³/mol. The predicted octanol–water partition coefficient (Wildman–Crippen LogP) is 0.794. The van der Waals surface area contributed by atoms with E-state index in [1.54, 1.807) is 22.1 Å².